The molecule has 9 aromatic heterocycles. The van der Waals surface area contributed by atoms with Gasteiger partial charge in [-0.3, -0.25) is 27.7 Å². The molecule has 14 aromatic rings. The second-order valence-electron chi connectivity index (χ2n) is 15.6. The van der Waals surface area contributed by atoms with Crippen molar-refractivity contribution in [3.8, 4) is 16.8 Å². The SMILES string of the molecule is C=Cc1c(C=Cc2ccnc3c2oc2c(-c4ccc5c(c4)n4c6ccccc6nc4n5-c4ccc5c(c4)sc4nc6ccccc6n45)ccnc23)n2c3ccccc3nc2n1C. The highest BCUT2D eigenvalue weighted by Gasteiger charge is 2.22. The molecule has 9 heterocycles. The van der Waals surface area contributed by atoms with Gasteiger partial charge in [-0.15, -0.1) is 0 Å². The first-order chi connectivity index (χ1) is 30.6. The van der Waals surface area contributed by atoms with Crippen molar-refractivity contribution in [1.82, 2.24) is 47.3 Å². The van der Waals surface area contributed by atoms with E-state index in [0.717, 1.165) is 105 Å². The van der Waals surface area contributed by atoms with Crippen molar-refractivity contribution in [3.05, 3.63) is 157 Å². The third-order valence-corrected chi connectivity index (χ3v) is 13.3. The monoisotopic (exact) mass is 818 g/mol. The number of aromatic nitrogens is 10. The zero-order chi connectivity index (χ0) is 40.8. The number of furan rings is 1. The molecule has 0 fully saturated rings. The van der Waals surface area contributed by atoms with Crippen LogP contribution < -0.4 is 0 Å². The van der Waals surface area contributed by atoms with Crippen LogP contribution in [-0.2, 0) is 7.05 Å². The molecule has 11 nitrogen and oxygen atoms in total. The number of rotatable bonds is 5. The van der Waals surface area contributed by atoms with Gasteiger partial charge in [0.25, 0.3) is 0 Å². The molecule has 0 bridgehead atoms. The number of aryl methyl sites for hydroxylation is 1. The molecule has 0 aliphatic carbocycles. The van der Waals surface area contributed by atoms with Crippen LogP contribution in [0.3, 0.4) is 0 Å². The summed E-state index contributed by atoms with van der Waals surface area (Å²) in [4.78, 5) is 25.6. The Labute approximate surface area is 354 Å². The smallest absolute Gasteiger partial charge is 0.220 e. The lowest BCUT2D eigenvalue weighted by molar-refractivity contribution is 0.667. The fourth-order valence-corrected chi connectivity index (χ4v) is 10.6. The molecule has 0 N–H and O–H groups in total. The Morgan fingerprint density at radius 3 is 2.05 bits per heavy atom. The summed E-state index contributed by atoms with van der Waals surface area (Å²) in [5, 5.41) is 0. The molecule has 12 heteroatoms. The van der Waals surface area contributed by atoms with E-state index in [4.69, 9.17) is 29.3 Å². The first kappa shape index (κ1) is 33.5. The Kier molecular flexibility index (Phi) is 6.54. The second-order valence-corrected chi connectivity index (χ2v) is 16.6. The largest absolute Gasteiger partial charge is 0.451 e. The maximum absolute atomic E-state index is 6.83. The van der Waals surface area contributed by atoms with Crippen molar-refractivity contribution >= 4 is 123 Å². The molecule has 0 radical (unpaired) electrons. The molecular weight excluding hydrogens is 789 g/mol. The quantitative estimate of drug-likeness (QED) is 0.171. The number of hydrogen-bond acceptors (Lipinski definition) is 7. The minimum Gasteiger partial charge on any atom is -0.451 e. The molecule has 0 aliphatic rings. The molecule has 0 saturated carbocycles. The lowest BCUT2D eigenvalue weighted by Gasteiger charge is -2.07. The van der Waals surface area contributed by atoms with Crippen molar-refractivity contribution in [2.75, 3.05) is 0 Å². The fourth-order valence-electron chi connectivity index (χ4n) is 9.49. The summed E-state index contributed by atoms with van der Waals surface area (Å²) >= 11 is 1.70. The maximum atomic E-state index is 6.83. The van der Waals surface area contributed by atoms with Gasteiger partial charge in [0.2, 0.25) is 11.6 Å². The maximum Gasteiger partial charge on any atom is 0.220 e. The third kappa shape index (κ3) is 4.39. The fraction of sp³-hybridized carbons (Fsp3) is 0.0200. The summed E-state index contributed by atoms with van der Waals surface area (Å²) in [6, 6.07) is 42.0. The molecule has 14 rings (SSSR count). The first-order valence-electron chi connectivity index (χ1n) is 20.3. The van der Waals surface area contributed by atoms with Gasteiger partial charge in [0, 0.05) is 30.6 Å². The van der Waals surface area contributed by atoms with Gasteiger partial charge in [-0.05, 0) is 103 Å². The Hall–Kier alpha value is -8.35. The molecule has 292 valence electrons. The van der Waals surface area contributed by atoms with E-state index in [1.807, 2.05) is 68.0 Å². The minimum absolute atomic E-state index is 0.668. The Morgan fingerprint density at radius 2 is 1.26 bits per heavy atom. The van der Waals surface area contributed by atoms with E-state index in [1.165, 1.54) is 0 Å². The van der Waals surface area contributed by atoms with Crippen LogP contribution in [0.2, 0.25) is 0 Å². The predicted molar refractivity (Wildman–Crippen MR) is 250 cm³/mol. The zero-order valence-electron chi connectivity index (χ0n) is 32.9. The van der Waals surface area contributed by atoms with Gasteiger partial charge >= 0.3 is 0 Å². The molecule has 0 amide bonds. The van der Waals surface area contributed by atoms with E-state index in [1.54, 1.807) is 11.3 Å². The van der Waals surface area contributed by atoms with Crippen molar-refractivity contribution in [3.63, 3.8) is 0 Å². The minimum atomic E-state index is 0.668. The standard InChI is InChI=1S/C50H30N10OS/c1-3-35-39(58-36-13-7-4-10-32(36)53-48(58)56(35)2)19-16-28-22-24-51-44-45-47(61-46(28)44)31(23-25-52-45)29-17-20-40-42(26-29)59-37-14-8-5-11-33(37)54-49(59)57(40)30-18-21-41-43(27-30)62-50-55-34-12-6-9-15-38(34)60(41)50/h3-27H,1H2,2H3. The first-order valence-corrected chi connectivity index (χ1v) is 21.1. The number of hydrogen-bond donors (Lipinski definition) is 0. The lowest BCUT2D eigenvalue weighted by atomic mass is 10.0. The summed E-state index contributed by atoms with van der Waals surface area (Å²) < 4.78 is 19.0. The van der Waals surface area contributed by atoms with Crippen LogP contribution in [0.1, 0.15) is 17.0 Å². The normalized spacial score (nSPS) is 12.6. The van der Waals surface area contributed by atoms with E-state index in [-0.39, 0.29) is 0 Å². The van der Waals surface area contributed by atoms with Crippen LogP contribution >= 0.6 is 11.3 Å². The summed E-state index contributed by atoms with van der Waals surface area (Å²) in [5.41, 5.74) is 17.8. The molecule has 0 aliphatic heterocycles. The number of pyridine rings is 2. The van der Waals surface area contributed by atoms with E-state index in [2.05, 4.69) is 120 Å². The van der Waals surface area contributed by atoms with E-state index in [0.29, 0.717) is 22.2 Å². The average molecular weight is 819 g/mol. The van der Waals surface area contributed by atoms with E-state index < -0.39 is 0 Å². The van der Waals surface area contributed by atoms with Gasteiger partial charge in [-0.2, -0.15) is 0 Å². The van der Waals surface area contributed by atoms with Gasteiger partial charge in [0.05, 0.1) is 71.4 Å². The Balaban J connectivity index is 0.934. The number of fused-ring (bicyclic) bond motifs is 16. The van der Waals surface area contributed by atoms with Crippen LogP contribution in [0.5, 0.6) is 0 Å². The second kappa shape index (κ2) is 12.1. The van der Waals surface area contributed by atoms with Gasteiger partial charge in [0.15, 0.2) is 16.1 Å². The highest BCUT2D eigenvalue weighted by Crippen LogP contribution is 2.39. The molecule has 5 aromatic carbocycles. The van der Waals surface area contributed by atoms with Gasteiger partial charge in [0.1, 0.15) is 11.0 Å². The number of benzene rings is 5. The zero-order valence-corrected chi connectivity index (χ0v) is 33.7. The predicted octanol–water partition coefficient (Wildman–Crippen LogP) is 11.8. The Bertz CT molecular complexity index is 4280. The lowest BCUT2D eigenvalue weighted by Crippen LogP contribution is -1.95. The molecule has 0 saturated heterocycles. The third-order valence-electron chi connectivity index (χ3n) is 12.3. The number of imidazole rings is 5. The summed E-state index contributed by atoms with van der Waals surface area (Å²) in [5.74, 6) is 1.69. The van der Waals surface area contributed by atoms with E-state index >= 15 is 0 Å². The van der Waals surface area contributed by atoms with E-state index in [9.17, 15) is 0 Å². The molecule has 62 heavy (non-hydrogen) atoms. The number of para-hydroxylation sites is 6. The van der Waals surface area contributed by atoms with Crippen LogP contribution in [0.4, 0.5) is 0 Å². The van der Waals surface area contributed by atoms with Crippen molar-refractivity contribution in [2.45, 2.75) is 0 Å². The molecule has 0 atom stereocenters. The number of nitrogens with zero attached hydrogens (tertiary/aromatic N) is 10. The summed E-state index contributed by atoms with van der Waals surface area (Å²) in [7, 11) is 2.02. The van der Waals surface area contributed by atoms with Crippen LogP contribution in [0, 0.1) is 0 Å². The average Bonchev–Trinajstić information content (AvgIpc) is 4.17. The van der Waals surface area contributed by atoms with Crippen molar-refractivity contribution in [2.24, 2.45) is 7.05 Å². The van der Waals surface area contributed by atoms with Crippen LogP contribution in [0.25, 0.3) is 128 Å². The highest BCUT2D eigenvalue weighted by atomic mass is 32.1. The van der Waals surface area contributed by atoms with Crippen LogP contribution in [-0.4, -0.2) is 47.3 Å². The highest BCUT2D eigenvalue weighted by molar-refractivity contribution is 7.23. The molecule has 0 spiro atoms. The Morgan fingerprint density at radius 1 is 0.581 bits per heavy atom. The van der Waals surface area contributed by atoms with Gasteiger partial charge in [-0.1, -0.05) is 60.4 Å². The van der Waals surface area contributed by atoms with Crippen molar-refractivity contribution in [1.29, 1.82) is 0 Å². The van der Waals surface area contributed by atoms with Gasteiger partial charge in [-0.25, -0.2) is 15.0 Å². The van der Waals surface area contributed by atoms with Crippen molar-refractivity contribution < 1.29 is 4.42 Å². The molecule has 0 unspecified atom stereocenters. The summed E-state index contributed by atoms with van der Waals surface area (Å²) in [6.45, 7) is 4.13. The number of thiazole rings is 1. The topological polar surface area (TPSA) is 101 Å². The van der Waals surface area contributed by atoms with Gasteiger partial charge < -0.3 is 8.98 Å². The molecular formula is C50H30N10OS. The summed E-state index contributed by atoms with van der Waals surface area (Å²) in [6.07, 6.45) is 9.70. The van der Waals surface area contributed by atoms with Crippen LogP contribution in [0.15, 0.2) is 145 Å².